The van der Waals surface area contributed by atoms with Gasteiger partial charge in [0.15, 0.2) is 5.96 Å². The number of carbonyl (C=O) groups excluding carboxylic acids is 1. The Balaban J connectivity index is 2.04. The molecule has 0 aromatic carbocycles. The molecule has 7 heteroatoms. The minimum Gasteiger partial charge on any atom is -0.444 e. The first-order valence-electron chi connectivity index (χ1n) is 8.54. The van der Waals surface area contributed by atoms with Crippen molar-refractivity contribution in [3.8, 4) is 0 Å². The van der Waals surface area contributed by atoms with Gasteiger partial charge in [-0.3, -0.25) is 4.99 Å². The van der Waals surface area contributed by atoms with Crippen LogP contribution in [0, 0.1) is 0 Å². The van der Waals surface area contributed by atoms with E-state index in [2.05, 4.69) is 25.8 Å². The summed E-state index contributed by atoms with van der Waals surface area (Å²) in [4.78, 5) is 18.2. The Bertz CT molecular complexity index is 373. The SMILES string of the molecule is CN=C(NCCCN1CCCC1)NCCNC(=O)OC(C)(C)C. The zero-order chi connectivity index (χ0) is 17.1. The fourth-order valence-corrected chi connectivity index (χ4v) is 2.40. The number of nitrogens with one attached hydrogen (secondary N) is 3. The molecule has 23 heavy (non-hydrogen) atoms. The van der Waals surface area contributed by atoms with E-state index < -0.39 is 11.7 Å². The second kappa shape index (κ2) is 10.3. The summed E-state index contributed by atoms with van der Waals surface area (Å²) >= 11 is 0. The Morgan fingerprint density at radius 3 is 2.30 bits per heavy atom. The molecule has 134 valence electrons. The zero-order valence-corrected chi connectivity index (χ0v) is 15.1. The molecule has 0 radical (unpaired) electrons. The highest BCUT2D eigenvalue weighted by Gasteiger charge is 2.15. The molecule has 0 spiro atoms. The van der Waals surface area contributed by atoms with Gasteiger partial charge in [0, 0.05) is 26.7 Å². The van der Waals surface area contributed by atoms with E-state index in [1.165, 1.54) is 25.9 Å². The second-order valence-electron chi connectivity index (χ2n) is 6.76. The van der Waals surface area contributed by atoms with E-state index in [0.717, 1.165) is 25.5 Å². The molecule has 1 rings (SSSR count). The second-order valence-corrected chi connectivity index (χ2v) is 6.76. The Morgan fingerprint density at radius 1 is 1.09 bits per heavy atom. The molecule has 0 bridgehead atoms. The molecule has 7 nitrogen and oxygen atoms in total. The van der Waals surface area contributed by atoms with Gasteiger partial charge in [-0.05, 0) is 59.7 Å². The standard InChI is InChI=1S/C16H33N5O2/c1-16(2,3)23-15(22)20-10-9-19-14(17-4)18-8-7-13-21-11-5-6-12-21/h5-13H2,1-4H3,(H,20,22)(H2,17,18,19). The van der Waals surface area contributed by atoms with E-state index >= 15 is 0 Å². The normalized spacial score (nSPS) is 16.3. The summed E-state index contributed by atoms with van der Waals surface area (Å²) in [5.41, 5.74) is -0.468. The van der Waals surface area contributed by atoms with Gasteiger partial charge in [0.25, 0.3) is 0 Å². The maximum Gasteiger partial charge on any atom is 0.407 e. The smallest absolute Gasteiger partial charge is 0.407 e. The van der Waals surface area contributed by atoms with E-state index in [1.807, 2.05) is 20.8 Å². The van der Waals surface area contributed by atoms with Crippen LogP contribution in [-0.2, 0) is 4.74 Å². The number of hydrogen-bond acceptors (Lipinski definition) is 4. The molecule has 1 aliphatic heterocycles. The average Bonchev–Trinajstić information content (AvgIpc) is 2.97. The molecule has 0 unspecified atom stereocenters. The molecule has 1 saturated heterocycles. The number of nitrogens with zero attached hydrogens (tertiary/aromatic N) is 2. The van der Waals surface area contributed by atoms with Crippen molar-refractivity contribution in [2.75, 3.05) is 46.3 Å². The van der Waals surface area contributed by atoms with Gasteiger partial charge >= 0.3 is 6.09 Å². The topological polar surface area (TPSA) is 78.0 Å². The van der Waals surface area contributed by atoms with Crippen LogP contribution in [0.15, 0.2) is 4.99 Å². The third kappa shape index (κ3) is 9.99. The molecule has 0 saturated carbocycles. The van der Waals surface area contributed by atoms with E-state index in [0.29, 0.717) is 13.1 Å². The fraction of sp³-hybridized carbons (Fsp3) is 0.875. The third-order valence-corrected chi connectivity index (χ3v) is 3.45. The van der Waals surface area contributed by atoms with Crippen LogP contribution >= 0.6 is 0 Å². The van der Waals surface area contributed by atoms with Gasteiger partial charge in [-0.2, -0.15) is 0 Å². The fourth-order valence-electron chi connectivity index (χ4n) is 2.40. The highest BCUT2D eigenvalue weighted by atomic mass is 16.6. The number of rotatable bonds is 7. The van der Waals surface area contributed by atoms with Crippen LogP contribution in [0.2, 0.25) is 0 Å². The average molecular weight is 327 g/mol. The van der Waals surface area contributed by atoms with Crippen LogP contribution in [0.3, 0.4) is 0 Å². The number of carbonyl (C=O) groups is 1. The summed E-state index contributed by atoms with van der Waals surface area (Å²) in [6, 6.07) is 0. The van der Waals surface area contributed by atoms with Crippen LogP contribution in [0.25, 0.3) is 0 Å². The van der Waals surface area contributed by atoms with Crippen molar-refractivity contribution in [3.05, 3.63) is 0 Å². The van der Waals surface area contributed by atoms with Crippen molar-refractivity contribution in [1.82, 2.24) is 20.9 Å². The molecule has 0 atom stereocenters. The van der Waals surface area contributed by atoms with Crippen molar-refractivity contribution in [2.24, 2.45) is 4.99 Å². The lowest BCUT2D eigenvalue weighted by atomic mass is 10.2. The van der Waals surface area contributed by atoms with E-state index in [1.54, 1.807) is 7.05 Å². The van der Waals surface area contributed by atoms with Gasteiger partial charge in [-0.1, -0.05) is 0 Å². The predicted molar refractivity (Wildman–Crippen MR) is 93.9 cm³/mol. The molecule has 0 aromatic rings. The molecular formula is C16H33N5O2. The maximum atomic E-state index is 11.5. The number of alkyl carbamates (subject to hydrolysis) is 1. The predicted octanol–water partition coefficient (Wildman–Crippen LogP) is 1.16. The van der Waals surface area contributed by atoms with Gasteiger partial charge in [0.2, 0.25) is 0 Å². The van der Waals surface area contributed by atoms with Crippen molar-refractivity contribution in [1.29, 1.82) is 0 Å². The highest BCUT2D eigenvalue weighted by Crippen LogP contribution is 2.07. The van der Waals surface area contributed by atoms with Crippen LogP contribution in [0.5, 0.6) is 0 Å². The molecule has 1 heterocycles. The number of ether oxygens (including phenoxy) is 1. The first-order valence-corrected chi connectivity index (χ1v) is 8.54. The summed E-state index contributed by atoms with van der Waals surface area (Å²) in [5.74, 6) is 0.761. The largest absolute Gasteiger partial charge is 0.444 e. The lowest BCUT2D eigenvalue weighted by Crippen LogP contribution is -2.43. The first-order chi connectivity index (χ1) is 10.9. The molecule has 1 fully saturated rings. The molecule has 0 aromatic heterocycles. The molecular weight excluding hydrogens is 294 g/mol. The minimum absolute atomic E-state index is 0.396. The van der Waals surface area contributed by atoms with E-state index in [-0.39, 0.29) is 0 Å². The lowest BCUT2D eigenvalue weighted by molar-refractivity contribution is 0.0529. The Morgan fingerprint density at radius 2 is 1.70 bits per heavy atom. The number of guanidine groups is 1. The summed E-state index contributed by atoms with van der Waals surface area (Å²) < 4.78 is 5.17. The van der Waals surface area contributed by atoms with Gasteiger partial charge in [0.1, 0.15) is 5.60 Å². The van der Waals surface area contributed by atoms with Crippen molar-refractivity contribution in [3.63, 3.8) is 0 Å². The molecule has 3 N–H and O–H groups in total. The highest BCUT2D eigenvalue weighted by molar-refractivity contribution is 5.79. The van der Waals surface area contributed by atoms with Crippen LogP contribution in [0.1, 0.15) is 40.0 Å². The summed E-state index contributed by atoms with van der Waals surface area (Å²) in [7, 11) is 1.75. The monoisotopic (exact) mass is 327 g/mol. The third-order valence-electron chi connectivity index (χ3n) is 3.45. The summed E-state index contributed by atoms with van der Waals surface area (Å²) in [6.45, 7) is 11.1. The number of amides is 1. The van der Waals surface area contributed by atoms with Crippen molar-refractivity contribution in [2.45, 2.75) is 45.6 Å². The molecule has 1 aliphatic rings. The summed E-state index contributed by atoms with van der Waals surface area (Å²) in [6.07, 6.45) is 3.38. The maximum absolute atomic E-state index is 11.5. The van der Waals surface area contributed by atoms with Gasteiger partial charge in [-0.15, -0.1) is 0 Å². The number of likely N-dealkylation sites (tertiary alicyclic amines) is 1. The van der Waals surface area contributed by atoms with Gasteiger partial charge in [-0.25, -0.2) is 4.79 Å². The van der Waals surface area contributed by atoms with Crippen LogP contribution in [0.4, 0.5) is 4.79 Å². The first kappa shape index (κ1) is 19.5. The molecule has 1 amide bonds. The van der Waals surface area contributed by atoms with Crippen LogP contribution in [-0.4, -0.2) is 68.9 Å². The number of aliphatic imine (C=N–C) groups is 1. The quantitative estimate of drug-likeness (QED) is 0.372. The van der Waals surface area contributed by atoms with E-state index in [4.69, 9.17) is 4.74 Å². The lowest BCUT2D eigenvalue weighted by Gasteiger charge is -2.20. The van der Waals surface area contributed by atoms with Crippen molar-refractivity contribution >= 4 is 12.1 Å². The van der Waals surface area contributed by atoms with Crippen molar-refractivity contribution < 1.29 is 9.53 Å². The minimum atomic E-state index is -0.468. The Labute approximate surface area is 140 Å². The molecule has 0 aliphatic carbocycles. The number of hydrogen-bond donors (Lipinski definition) is 3. The zero-order valence-electron chi connectivity index (χ0n) is 15.1. The Hall–Kier alpha value is -1.50. The van der Waals surface area contributed by atoms with E-state index in [9.17, 15) is 4.79 Å². The summed E-state index contributed by atoms with van der Waals surface area (Å²) in [5, 5.41) is 9.17. The van der Waals surface area contributed by atoms with Crippen LogP contribution < -0.4 is 16.0 Å². The van der Waals surface area contributed by atoms with Gasteiger partial charge in [0.05, 0.1) is 0 Å². The van der Waals surface area contributed by atoms with Gasteiger partial charge < -0.3 is 25.6 Å². The Kier molecular flexibility index (Phi) is 8.76.